The van der Waals surface area contributed by atoms with Crippen molar-refractivity contribution >= 4 is 16.7 Å². The largest absolute Gasteiger partial charge is 0.341 e. The first-order valence-corrected chi connectivity index (χ1v) is 7.65. The summed E-state index contributed by atoms with van der Waals surface area (Å²) in [5.74, 6) is 1.33. The summed E-state index contributed by atoms with van der Waals surface area (Å²) in [4.78, 5) is 13.7. The highest BCUT2D eigenvalue weighted by Crippen LogP contribution is 2.21. The lowest BCUT2D eigenvalue weighted by atomic mass is 9.87. The van der Waals surface area contributed by atoms with Crippen molar-refractivity contribution in [1.29, 1.82) is 0 Å². The molecule has 17 heavy (non-hydrogen) atoms. The molecular weight excluding hydrogens is 236 g/mol. The van der Waals surface area contributed by atoms with E-state index in [0.29, 0.717) is 31.0 Å². The van der Waals surface area contributed by atoms with Crippen molar-refractivity contribution in [1.82, 2.24) is 4.90 Å². The van der Waals surface area contributed by atoms with Gasteiger partial charge in [0.15, 0.2) is 0 Å². The van der Waals surface area contributed by atoms with Crippen LogP contribution in [0.3, 0.4) is 0 Å². The van der Waals surface area contributed by atoms with E-state index < -0.39 is 10.8 Å². The molecule has 1 unspecified atom stereocenters. The summed E-state index contributed by atoms with van der Waals surface area (Å²) < 4.78 is 11.2. The third kappa shape index (κ3) is 5.64. The van der Waals surface area contributed by atoms with Gasteiger partial charge in [-0.1, -0.05) is 20.8 Å². The molecule has 1 fully saturated rings. The molecule has 0 bridgehead atoms. The smallest absolute Gasteiger partial charge is 0.224 e. The van der Waals surface area contributed by atoms with Crippen LogP contribution in [0.25, 0.3) is 0 Å². The van der Waals surface area contributed by atoms with Gasteiger partial charge in [0.05, 0.1) is 0 Å². The maximum Gasteiger partial charge on any atom is 0.224 e. The summed E-state index contributed by atoms with van der Waals surface area (Å²) in [5, 5.41) is 0. The lowest BCUT2D eigenvalue weighted by Crippen LogP contribution is -2.44. The van der Waals surface area contributed by atoms with Gasteiger partial charge in [-0.2, -0.15) is 0 Å². The Balaban J connectivity index is 2.36. The van der Waals surface area contributed by atoms with Crippen molar-refractivity contribution in [2.24, 2.45) is 11.1 Å². The van der Waals surface area contributed by atoms with E-state index in [0.717, 1.165) is 6.42 Å². The van der Waals surface area contributed by atoms with Gasteiger partial charge in [-0.25, -0.2) is 0 Å². The van der Waals surface area contributed by atoms with Gasteiger partial charge in [-0.3, -0.25) is 9.00 Å². The highest BCUT2D eigenvalue weighted by Gasteiger charge is 2.23. The van der Waals surface area contributed by atoms with Gasteiger partial charge in [-0.15, -0.1) is 0 Å². The molecule has 1 rings (SSSR count). The Morgan fingerprint density at radius 2 is 1.88 bits per heavy atom. The Morgan fingerprint density at radius 3 is 2.35 bits per heavy atom. The van der Waals surface area contributed by atoms with Gasteiger partial charge in [0.1, 0.15) is 0 Å². The van der Waals surface area contributed by atoms with Gasteiger partial charge in [0, 0.05) is 47.9 Å². The van der Waals surface area contributed by atoms with E-state index in [1.54, 1.807) is 4.90 Å². The Hall–Kier alpha value is -0.420. The number of carbonyl (C=O) groups is 1. The van der Waals surface area contributed by atoms with Crippen LogP contribution in [0, 0.1) is 5.41 Å². The molecule has 4 nitrogen and oxygen atoms in total. The third-order valence-electron chi connectivity index (χ3n) is 2.84. The summed E-state index contributed by atoms with van der Waals surface area (Å²) >= 11 is 0. The van der Waals surface area contributed by atoms with Gasteiger partial charge >= 0.3 is 0 Å². The van der Waals surface area contributed by atoms with Crippen molar-refractivity contribution in [3.63, 3.8) is 0 Å². The zero-order chi connectivity index (χ0) is 13.1. The Bertz CT molecular complexity index is 289. The normalized spacial score (nSPS) is 20.4. The zero-order valence-corrected chi connectivity index (χ0v) is 11.9. The number of nitrogens with two attached hydrogens (primary N) is 1. The molecule has 1 aliphatic heterocycles. The van der Waals surface area contributed by atoms with Crippen LogP contribution in [0.1, 0.15) is 33.6 Å². The maximum absolute atomic E-state index is 11.9. The highest BCUT2D eigenvalue weighted by molar-refractivity contribution is 7.85. The third-order valence-corrected chi connectivity index (χ3v) is 4.12. The molecule has 1 heterocycles. The minimum Gasteiger partial charge on any atom is -0.341 e. The van der Waals surface area contributed by atoms with Gasteiger partial charge in [0.2, 0.25) is 5.91 Å². The summed E-state index contributed by atoms with van der Waals surface area (Å²) in [5.41, 5.74) is 6.14. The molecule has 0 aromatic heterocycles. The first kappa shape index (κ1) is 14.6. The maximum atomic E-state index is 11.9. The van der Waals surface area contributed by atoms with Crippen LogP contribution < -0.4 is 5.73 Å². The molecule has 1 amide bonds. The molecular formula is C12H24N2O2S. The molecule has 0 aromatic carbocycles. The summed E-state index contributed by atoms with van der Waals surface area (Å²) in [6.45, 7) is 7.62. The molecule has 1 aliphatic rings. The van der Waals surface area contributed by atoms with E-state index in [1.165, 1.54) is 0 Å². The average molecular weight is 260 g/mol. The number of carbonyl (C=O) groups excluding carboxylic acids is 1. The molecule has 1 saturated heterocycles. The fourth-order valence-corrected chi connectivity index (χ4v) is 3.15. The van der Waals surface area contributed by atoms with Crippen LogP contribution in [0.15, 0.2) is 0 Å². The number of hydrogen-bond acceptors (Lipinski definition) is 3. The standard InChI is InChI=1S/C12H24N2O2S/c1-12(2,3)9-10(13)8-11(15)14-4-6-17(16)7-5-14/h10H,4-9,13H2,1-3H3. The summed E-state index contributed by atoms with van der Waals surface area (Å²) in [7, 11) is -0.731. The van der Waals surface area contributed by atoms with E-state index in [2.05, 4.69) is 20.8 Å². The van der Waals surface area contributed by atoms with Crippen LogP contribution in [0.2, 0.25) is 0 Å². The molecule has 100 valence electrons. The first-order chi connectivity index (χ1) is 7.78. The van der Waals surface area contributed by atoms with E-state index in [-0.39, 0.29) is 17.4 Å². The van der Waals surface area contributed by atoms with E-state index in [4.69, 9.17) is 5.73 Å². The molecule has 1 atom stereocenters. The molecule has 0 radical (unpaired) electrons. The predicted molar refractivity (Wildman–Crippen MR) is 71.1 cm³/mol. The topological polar surface area (TPSA) is 63.4 Å². The van der Waals surface area contributed by atoms with Crippen molar-refractivity contribution in [2.75, 3.05) is 24.6 Å². The highest BCUT2D eigenvalue weighted by atomic mass is 32.2. The average Bonchev–Trinajstić information content (AvgIpc) is 2.15. The van der Waals surface area contributed by atoms with Crippen molar-refractivity contribution < 1.29 is 9.00 Å². The quantitative estimate of drug-likeness (QED) is 0.813. The van der Waals surface area contributed by atoms with E-state index >= 15 is 0 Å². The summed E-state index contributed by atoms with van der Waals surface area (Å²) in [6, 6.07) is -0.0741. The lowest BCUT2D eigenvalue weighted by Gasteiger charge is -2.29. The van der Waals surface area contributed by atoms with Crippen LogP contribution in [-0.2, 0) is 15.6 Å². The minimum absolute atomic E-state index is 0.0741. The fourth-order valence-electron chi connectivity index (χ4n) is 2.10. The van der Waals surface area contributed by atoms with Crippen molar-refractivity contribution in [3.05, 3.63) is 0 Å². The van der Waals surface area contributed by atoms with Crippen LogP contribution >= 0.6 is 0 Å². The molecule has 2 N–H and O–H groups in total. The van der Waals surface area contributed by atoms with E-state index in [1.807, 2.05) is 0 Å². The second kappa shape index (κ2) is 5.96. The number of nitrogens with zero attached hydrogens (tertiary/aromatic N) is 1. The Morgan fingerprint density at radius 1 is 1.35 bits per heavy atom. The SMILES string of the molecule is CC(C)(C)CC(N)CC(=O)N1CCS(=O)CC1. The fraction of sp³-hybridized carbons (Fsp3) is 0.917. The van der Waals surface area contributed by atoms with Crippen LogP contribution in [0.5, 0.6) is 0 Å². The summed E-state index contributed by atoms with van der Waals surface area (Å²) in [6.07, 6.45) is 1.25. The van der Waals surface area contributed by atoms with Crippen molar-refractivity contribution in [3.8, 4) is 0 Å². The van der Waals surface area contributed by atoms with E-state index in [9.17, 15) is 9.00 Å². The van der Waals surface area contributed by atoms with Gasteiger partial charge < -0.3 is 10.6 Å². The number of hydrogen-bond donors (Lipinski definition) is 1. The van der Waals surface area contributed by atoms with Crippen LogP contribution in [0.4, 0.5) is 0 Å². The Kier molecular flexibility index (Phi) is 5.13. The monoisotopic (exact) mass is 260 g/mol. The first-order valence-electron chi connectivity index (χ1n) is 6.16. The van der Waals surface area contributed by atoms with Gasteiger partial charge in [-0.05, 0) is 11.8 Å². The molecule has 0 aliphatic carbocycles. The second-order valence-electron chi connectivity index (χ2n) is 5.96. The predicted octanol–water partition coefficient (Wildman–Crippen LogP) is 0.731. The molecule has 5 heteroatoms. The second-order valence-corrected chi connectivity index (χ2v) is 7.65. The zero-order valence-electron chi connectivity index (χ0n) is 11.1. The minimum atomic E-state index is -0.731. The Labute approximate surface area is 106 Å². The van der Waals surface area contributed by atoms with Gasteiger partial charge in [0.25, 0.3) is 0 Å². The molecule has 0 aromatic rings. The molecule has 0 saturated carbocycles. The number of amides is 1. The van der Waals surface area contributed by atoms with Crippen LogP contribution in [-0.4, -0.2) is 45.7 Å². The lowest BCUT2D eigenvalue weighted by molar-refractivity contribution is -0.131. The van der Waals surface area contributed by atoms with Crippen molar-refractivity contribution in [2.45, 2.75) is 39.7 Å². The molecule has 0 spiro atoms. The number of rotatable bonds is 3.